The number of aryl methyl sites for hydroxylation is 1. The van der Waals surface area contributed by atoms with E-state index >= 15 is 0 Å². The molecule has 104 valence electrons. The Kier molecular flexibility index (Phi) is 5.69. The van der Waals surface area contributed by atoms with Crippen molar-refractivity contribution in [3.8, 4) is 0 Å². The first kappa shape index (κ1) is 15.4. The van der Waals surface area contributed by atoms with E-state index in [1.807, 2.05) is 25.1 Å². The van der Waals surface area contributed by atoms with Crippen LogP contribution in [0.4, 0.5) is 5.69 Å². The number of carbonyl (C=O) groups excluding carboxylic acids is 2. The number of methoxy groups -OCH3 is 1. The maximum absolute atomic E-state index is 11.5. The molecule has 0 aliphatic rings. The molecule has 0 aliphatic heterocycles. The number of esters is 1. The summed E-state index contributed by atoms with van der Waals surface area (Å²) in [4.78, 5) is 23.5. The Morgan fingerprint density at radius 2 is 2.16 bits per heavy atom. The average Bonchev–Trinajstić information content (AvgIpc) is 2.36. The van der Waals surface area contributed by atoms with Crippen molar-refractivity contribution < 1.29 is 14.3 Å². The molecule has 1 aromatic carbocycles. The lowest BCUT2D eigenvalue weighted by molar-refractivity contribution is -0.144. The van der Waals surface area contributed by atoms with Crippen molar-refractivity contribution in [1.29, 1.82) is 0 Å². The molecule has 19 heavy (non-hydrogen) atoms. The minimum atomic E-state index is -0.674. The fourth-order valence-corrected chi connectivity index (χ4v) is 2.57. The molecule has 0 fully saturated rings. The Morgan fingerprint density at radius 3 is 2.74 bits per heavy atom. The number of nitrogens with one attached hydrogen (secondary N) is 1. The smallest absolute Gasteiger partial charge is 0.329 e. The quantitative estimate of drug-likeness (QED) is 0.484. The van der Waals surface area contributed by atoms with E-state index in [4.69, 9.17) is 5.73 Å². The summed E-state index contributed by atoms with van der Waals surface area (Å²) in [5.41, 5.74) is 7.60. The monoisotopic (exact) mass is 282 g/mol. The van der Waals surface area contributed by atoms with Crippen molar-refractivity contribution in [2.45, 2.75) is 24.8 Å². The van der Waals surface area contributed by atoms with Gasteiger partial charge in [0.2, 0.25) is 5.91 Å². The molecule has 6 heteroatoms. The van der Waals surface area contributed by atoms with Gasteiger partial charge in [-0.3, -0.25) is 4.79 Å². The van der Waals surface area contributed by atoms with E-state index in [9.17, 15) is 9.59 Å². The van der Waals surface area contributed by atoms with Crippen LogP contribution < -0.4 is 11.1 Å². The van der Waals surface area contributed by atoms with Crippen LogP contribution in [0.2, 0.25) is 0 Å². The van der Waals surface area contributed by atoms with Gasteiger partial charge in [-0.2, -0.15) is 0 Å². The molecule has 0 aliphatic carbocycles. The number of nitrogens with two attached hydrogens (primary N) is 1. The average molecular weight is 282 g/mol. The molecular formula is C13H18N2O3S. The number of rotatable bonds is 5. The fraction of sp³-hybridized carbons (Fsp3) is 0.385. The number of benzene rings is 1. The van der Waals surface area contributed by atoms with E-state index in [1.165, 1.54) is 25.8 Å². The first-order chi connectivity index (χ1) is 8.93. The molecule has 0 aromatic heterocycles. The number of hydrogen-bond donors (Lipinski definition) is 2. The van der Waals surface area contributed by atoms with Crippen molar-refractivity contribution in [1.82, 2.24) is 5.32 Å². The SMILES string of the molecule is COC(=O)C(CSc1cc(C)ccc1N)NC(C)=O. The minimum Gasteiger partial charge on any atom is -0.467 e. The van der Waals surface area contributed by atoms with Crippen LogP contribution in [-0.4, -0.2) is 30.8 Å². The van der Waals surface area contributed by atoms with Crippen LogP contribution in [0.15, 0.2) is 23.1 Å². The second-order valence-corrected chi connectivity index (χ2v) is 5.19. The van der Waals surface area contributed by atoms with Gasteiger partial charge in [-0.05, 0) is 24.6 Å². The van der Waals surface area contributed by atoms with E-state index in [1.54, 1.807) is 0 Å². The maximum Gasteiger partial charge on any atom is 0.329 e. The molecule has 0 bridgehead atoms. The number of ether oxygens (including phenoxy) is 1. The molecule has 0 radical (unpaired) electrons. The standard InChI is InChI=1S/C13H18N2O3S/c1-8-4-5-10(14)12(6-8)19-7-11(13(17)18-3)15-9(2)16/h4-6,11H,7,14H2,1-3H3,(H,15,16). The lowest BCUT2D eigenvalue weighted by Gasteiger charge is -2.15. The molecule has 1 aromatic rings. The summed E-state index contributed by atoms with van der Waals surface area (Å²) in [6.07, 6.45) is 0. The fourth-order valence-electron chi connectivity index (χ4n) is 1.50. The highest BCUT2D eigenvalue weighted by Crippen LogP contribution is 2.26. The van der Waals surface area contributed by atoms with Crippen LogP contribution in [0.3, 0.4) is 0 Å². The molecule has 1 unspecified atom stereocenters. The summed E-state index contributed by atoms with van der Waals surface area (Å²) < 4.78 is 4.66. The molecule has 0 saturated carbocycles. The molecular weight excluding hydrogens is 264 g/mol. The van der Waals surface area contributed by atoms with Crippen molar-refractivity contribution in [3.63, 3.8) is 0 Å². The Hall–Kier alpha value is -1.69. The Labute approximate surface area is 116 Å². The molecule has 5 nitrogen and oxygen atoms in total. The lowest BCUT2D eigenvalue weighted by atomic mass is 10.2. The van der Waals surface area contributed by atoms with Crippen LogP contribution in [-0.2, 0) is 14.3 Å². The molecule has 0 saturated heterocycles. The van der Waals surface area contributed by atoms with Gasteiger partial charge < -0.3 is 15.8 Å². The third-order valence-corrected chi connectivity index (χ3v) is 3.60. The lowest BCUT2D eigenvalue weighted by Crippen LogP contribution is -2.42. The highest BCUT2D eigenvalue weighted by Gasteiger charge is 2.20. The largest absolute Gasteiger partial charge is 0.467 e. The third kappa shape index (κ3) is 4.82. The van der Waals surface area contributed by atoms with E-state index < -0.39 is 12.0 Å². The predicted molar refractivity (Wildman–Crippen MR) is 75.9 cm³/mol. The first-order valence-electron chi connectivity index (χ1n) is 5.78. The number of nitrogen functional groups attached to an aromatic ring is 1. The summed E-state index contributed by atoms with van der Waals surface area (Å²) in [5, 5.41) is 2.56. The molecule has 1 atom stereocenters. The van der Waals surface area contributed by atoms with Crippen LogP contribution in [0, 0.1) is 6.92 Å². The maximum atomic E-state index is 11.5. The number of hydrogen-bond acceptors (Lipinski definition) is 5. The van der Waals surface area contributed by atoms with E-state index in [0.717, 1.165) is 10.5 Å². The zero-order chi connectivity index (χ0) is 14.4. The summed E-state index contributed by atoms with van der Waals surface area (Å²) in [7, 11) is 1.29. The van der Waals surface area contributed by atoms with Gasteiger partial charge in [-0.1, -0.05) is 6.07 Å². The predicted octanol–water partition coefficient (Wildman–Crippen LogP) is 1.35. The van der Waals surface area contributed by atoms with Gasteiger partial charge in [-0.15, -0.1) is 11.8 Å². The van der Waals surface area contributed by atoms with Crippen LogP contribution >= 0.6 is 11.8 Å². The van der Waals surface area contributed by atoms with Crippen molar-refractivity contribution in [2.75, 3.05) is 18.6 Å². The zero-order valence-corrected chi connectivity index (χ0v) is 12.0. The first-order valence-corrected chi connectivity index (χ1v) is 6.76. The Bertz CT molecular complexity index is 477. The number of carbonyl (C=O) groups is 2. The second kappa shape index (κ2) is 7.04. The normalized spacial score (nSPS) is 11.7. The number of amides is 1. The molecule has 1 amide bonds. The van der Waals surface area contributed by atoms with E-state index in [0.29, 0.717) is 11.4 Å². The number of thioether (sulfide) groups is 1. The summed E-state index contributed by atoms with van der Waals surface area (Å²) in [5.74, 6) is -0.359. The van der Waals surface area contributed by atoms with Crippen LogP contribution in [0.25, 0.3) is 0 Å². The van der Waals surface area contributed by atoms with Gasteiger partial charge in [0.1, 0.15) is 6.04 Å². The van der Waals surface area contributed by atoms with E-state index in [-0.39, 0.29) is 5.91 Å². The van der Waals surface area contributed by atoms with E-state index in [2.05, 4.69) is 10.1 Å². The van der Waals surface area contributed by atoms with Gasteiger partial charge in [0.05, 0.1) is 7.11 Å². The topological polar surface area (TPSA) is 81.4 Å². The minimum absolute atomic E-state index is 0.270. The molecule has 1 rings (SSSR count). The summed E-state index contributed by atoms with van der Waals surface area (Å²) in [6, 6.07) is 5.02. The van der Waals surface area contributed by atoms with Crippen molar-refractivity contribution >= 4 is 29.3 Å². The Morgan fingerprint density at radius 1 is 1.47 bits per heavy atom. The van der Waals surface area contributed by atoms with Gasteiger partial charge >= 0.3 is 5.97 Å². The van der Waals surface area contributed by atoms with Crippen LogP contribution in [0.1, 0.15) is 12.5 Å². The van der Waals surface area contributed by atoms with Gasteiger partial charge in [-0.25, -0.2) is 4.79 Å². The number of anilines is 1. The van der Waals surface area contributed by atoms with Gasteiger partial charge in [0, 0.05) is 23.3 Å². The van der Waals surface area contributed by atoms with Crippen molar-refractivity contribution in [3.05, 3.63) is 23.8 Å². The molecule has 0 heterocycles. The molecule has 3 N–H and O–H groups in total. The van der Waals surface area contributed by atoms with Gasteiger partial charge in [0.25, 0.3) is 0 Å². The highest BCUT2D eigenvalue weighted by atomic mass is 32.2. The highest BCUT2D eigenvalue weighted by molar-refractivity contribution is 7.99. The second-order valence-electron chi connectivity index (χ2n) is 4.13. The third-order valence-electron chi connectivity index (χ3n) is 2.44. The Balaban J connectivity index is 2.72. The van der Waals surface area contributed by atoms with Gasteiger partial charge in [0.15, 0.2) is 0 Å². The van der Waals surface area contributed by atoms with Crippen LogP contribution in [0.5, 0.6) is 0 Å². The molecule has 0 spiro atoms. The zero-order valence-electron chi connectivity index (χ0n) is 11.2. The van der Waals surface area contributed by atoms with Crippen molar-refractivity contribution in [2.24, 2.45) is 0 Å². The summed E-state index contributed by atoms with van der Waals surface area (Å²) >= 11 is 1.41. The summed E-state index contributed by atoms with van der Waals surface area (Å²) in [6.45, 7) is 3.33.